The van der Waals surface area contributed by atoms with Gasteiger partial charge in [0.05, 0.1) is 24.2 Å². The number of nitrogens with one attached hydrogen (secondary N) is 2. The van der Waals surface area contributed by atoms with Gasteiger partial charge in [-0.05, 0) is 45.3 Å². The Kier molecular flexibility index (Phi) is 6.57. The summed E-state index contributed by atoms with van der Waals surface area (Å²) < 4.78 is 5.51. The summed E-state index contributed by atoms with van der Waals surface area (Å²) in [7, 11) is 4.04. The fourth-order valence-electron chi connectivity index (χ4n) is 2.09. The zero-order valence-electron chi connectivity index (χ0n) is 14.4. The lowest BCUT2D eigenvalue weighted by atomic mass is 10.2. The first-order chi connectivity index (χ1) is 11.6. The predicted molar refractivity (Wildman–Crippen MR) is 96.8 cm³/mol. The van der Waals surface area contributed by atoms with Crippen LogP contribution >= 0.6 is 0 Å². The van der Waals surface area contributed by atoms with Crippen LogP contribution in [0.1, 0.15) is 17.4 Å². The lowest BCUT2D eigenvalue weighted by Gasteiger charge is -2.12. The summed E-state index contributed by atoms with van der Waals surface area (Å²) in [4.78, 5) is 18.6. The van der Waals surface area contributed by atoms with E-state index in [2.05, 4.69) is 20.5 Å². The molecule has 2 rings (SSSR count). The molecule has 0 unspecified atom stereocenters. The van der Waals surface area contributed by atoms with E-state index in [9.17, 15) is 4.79 Å². The molecule has 0 saturated heterocycles. The average molecular weight is 328 g/mol. The minimum atomic E-state index is -0.262. The first-order valence-corrected chi connectivity index (χ1v) is 7.98. The van der Waals surface area contributed by atoms with Crippen LogP contribution in [0.15, 0.2) is 42.6 Å². The van der Waals surface area contributed by atoms with Gasteiger partial charge in [-0.1, -0.05) is 12.1 Å². The molecule has 1 aromatic carbocycles. The molecular formula is C18H24N4O2. The van der Waals surface area contributed by atoms with Crippen LogP contribution in [0.25, 0.3) is 0 Å². The van der Waals surface area contributed by atoms with E-state index >= 15 is 0 Å². The molecule has 24 heavy (non-hydrogen) atoms. The van der Waals surface area contributed by atoms with Crippen molar-refractivity contribution in [1.82, 2.24) is 9.88 Å². The van der Waals surface area contributed by atoms with Gasteiger partial charge in [0.25, 0.3) is 5.91 Å². The number of benzene rings is 1. The van der Waals surface area contributed by atoms with Gasteiger partial charge in [-0.15, -0.1) is 0 Å². The lowest BCUT2D eigenvalue weighted by Crippen LogP contribution is -2.21. The second-order valence-electron chi connectivity index (χ2n) is 5.55. The maximum atomic E-state index is 12.3. The summed E-state index contributed by atoms with van der Waals surface area (Å²) in [6.45, 7) is 4.19. The maximum absolute atomic E-state index is 12.3. The molecule has 0 aliphatic heterocycles. The summed E-state index contributed by atoms with van der Waals surface area (Å²) in [5.74, 6) is 0.386. The van der Waals surface area contributed by atoms with Gasteiger partial charge in [0.2, 0.25) is 0 Å². The number of amides is 1. The third-order valence-electron chi connectivity index (χ3n) is 3.32. The number of ether oxygens (including phenoxy) is 1. The van der Waals surface area contributed by atoms with Crippen LogP contribution in [0.5, 0.6) is 5.75 Å². The van der Waals surface area contributed by atoms with Gasteiger partial charge in [-0.25, -0.2) is 4.98 Å². The summed E-state index contributed by atoms with van der Waals surface area (Å²) in [6, 6.07) is 10.9. The molecule has 1 heterocycles. The van der Waals surface area contributed by atoms with Crippen LogP contribution in [0.2, 0.25) is 0 Å². The maximum Gasteiger partial charge on any atom is 0.274 e. The second kappa shape index (κ2) is 8.88. The molecule has 0 aliphatic rings. The van der Waals surface area contributed by atoms with E-state index in [0.717, 1.165) is 18.8 Å². The number of para-hydroxylation sites is 2. The van der Waals surface area contributed by atoms with E-state index in [1.807, 2.05) is 45.3 Å². The molecule has 0 bridgehead atoms. The van der Waals surface area contributed by atoms with Gasteiger partial charge in [0.1, 0.15) is 11.4 Å². The molecule has 0 atom stereocenters. The fraction of sp³-hybridized carbons (Fsp3) is 0.333. The molecule has 1 amide bonds. The highest BCUT2D eigenvalue weighted by Gasteiger charge is 2.10. The van der Waals surface area contributed by atoms with Crippen LogP contribution in [-0.2, 0) is 0 Å². The molecule has 0 aliphatic carbocycles. The monoisotopic (exact) mass is 328 g/mol. The SMILES string of the molecule is CCOc1ccccc1NC(=O)c1ccc(NCCN(C)C)cn1. The van der Waals surface area contributed by atoms with Crippen molar-refractivity contribution in [2.24, 2.45) is 0 Å². The minimum absolute atomic E-state index is 0.262. The Morgan fingerprint density at radius 2 is 2.00 bits per heavy atom. The zero-order chi connectivity index (χ0) is 17.4. The van der Waals surface area contributed by atoms with E-state index in [1.54, 1.807) is 18.3 Å². The van der Waals surface area contributed by atoms with Gasteiger partial charge in [-0.3, -0.25) is 4.79 Å². The third-order valence-corrected chi connectivity index (χ3v) is 3.32. The highest BCUT2D eigenvalue weighted by molar-refractivity contribution is 6.03. The summed E-state index contributed by atoms with van der Waals surface area (Å²) in [5, 5.41) is 6.10. The number of pyridine rings is 1. The highest BCUT2D eigenvalue weighted by atomic mass is 16.5. The number of carbonyl (C=O) groups excluding carboxylic acids is 1. The molecule has 0 fully saturated rings. The highest BCUT2D eigenvalue weighted by Crippen LogP contribution is 2.24. The van der Waals surface area contributed by atoms with E-state index in [1.165, 1.54) is 0 Å². The standard InChI is InChI=1S/C18H24N4O2/c1-4-24-17-8-6-5-7-15(17)21-18(23)16-10-9-14(13-20-16)19-11-12-22(2)3/h5-10,13,19H,4,11-12H2,1-3H3,(H,21,23). The van der Waals surface area contributed by atoms with Gasteiger partial charge in [-0.2, -0.15) is 0 Å². The van der Waals surface area contributed by atoms with Crippen molar-refractivity contribution < 1.29 is 9.53 Å². The second-order valence-corrected chi connectivity index (χ2v) is 5.55. The molecule has 2 aromatic rings. The Bertz CT molecular complexity index is 656. The molecule has 0 saturated carbocycles. The molecule has 0 spiro atoms. The summed E-state index contributed by atoms with van der Waals surface area (Å²) in [6.07, 6.45) is 1.67. The number of anilines is 2. The molecule has 6 heteroatoms. The van der Waals surface area contributed by atoms with Crippen molar-refractivity contribution in [2.45, 2.75) is 6.92 Å². The predicted octanol–water partition coefficient (Wildman–Crippen LogP) is 2.71. The number of hydrogen-bond acceptors (Lipinski definition) is 5. The Balaban J connectivity index is 1.98. The Hall–Kier alpha value is -2.60. The van der Waals surface area contributed by atoms with Crippen LogP contribution in [0.3, 0.4) is 0 Å². The summed E-state index contributed by atoms with van der Waals surface area (Å²) >= 11 is 0. The van der Waals surface area contributed by atoms with E-state index < -0.39 is 0 Å². The number of hydrogen-bond donors (Lipinski definition) is 2. The molecule has 2 N–H and O–H groups in total. The van der Waals surface area contributed by atoms with E-state index in [0.29, 0.717) is 23.7 Å². The number of aromatic nitrogens is 1. The van der Waals surface area contributed by atoms with Crippen LogP contribution in [0, 0.1) is 0 Å². The Morgan fingerprint density at radius 1 is 1.21 bits per heavy atom. The van der Waals surface area contributed by atoms with Gasteiger partial charge < -0.3 is 20.3 Å². The quantitative estimate of drug-likeness (QED) is 0.780. The normalized spacial score (nSPS) is 10.5. The molecule has 0 radical (unpaired) electrons. The van der Waals surface area contributed by atoms with Crippen LogP contribution in [0.4, 0.5) is 11.4 Å². The number of carbonyl (C=O) groups is 1. The van der Waals surface area contributed by atoms with E-state index in [4.69, 9.17) is 4.74 Å². The van der Waals surface area contributed by atoms with Crippen molar-refractivity contribution >= 4 is 17.3 Å². The summed E-state index contributed by atoms with van der Waals surface area (Å²) in [5.41, 5.74) is 1.89. The number of nitrogens with zero attached hydrogens (tertiary/aromatic N) is 2. The molecule has 6 nitrogen and oxygen atoms in total. The van der Waals surface area contributed by atoms with Gasteiger partial charge in [0, 0.05) is 13.1 Å². The molecule has 1 aromatic heterocycles. The zero-order valence-corrected chi connectivity index (χ0v) is 14.4. The number of rotatable bonds is 8. The minimum Gasteiger partial charge on any atom is -0.492 e. The molecule has 128 valence electrons. The van der Waals surface area contributed by atoms with Crippen molar-refractivity contribution in [3.05, 3.63) is 48.3 Å². The lowest BCUT2D eigenvalue weighted by molar-refractivity contribution is 0.102. The Labute approximate surface area is 142 Å². The van der Waals surface area contributed by atoms with Gasteiger partial charge in [0.15, 0.2) is 0 Å². The van der Waals surface area contributed by atoms with Crippen molar-refractivity contribution in [1.29, 1.82) is 0 Å². The smallest absolute Gasteiger partial charge is 0.274 e. The van der Waals surface area contributed by atoms with Crippen molar-refractivity contribution in [2.75, 3.05) is 44.4 Å². The van der Waals surface area contributed by atoms with Crippen LogP contribution < -0.4 is 15.4 Å². The average Bonchev–Trinajstić information content (AvgIpc) is 2.57. The first kappa shape index (κ1) is 17.7. The van der Waals surface area contributed by atoms with Gasteiger partial charge >= 0.3 is 0 Å². The van der Waals surface area contributed by atoms with Crippen molar-refractivity contribution in [3.63, 3.8) is 0 Å². The largest absolute Gasteiger partial charge is 0.492 e. The van der Waals surface area contributed by atoms with Crippen LogP contribution in [-0.4, -0.2) is 49.6 Å². The van der Waals surface area contributed by atoms with E-state index in [-0.39, 0.29) is 5.91 Å². The number of likely N-dealkylation sites (N-methyl/N-ethyl adjacent to an activating group) is 1. The molecular weight excluding hydrogens is 304 g/mol. The van der Waals surface area contributed by atoms with Crippen molar-refractivity contribution in [3.8, 4) is 5.75 Å². The topological polar surface area (TPSA) is 66.5 Å². The fourth-order valence-corrected chi connectivity index (χ4v) is 2.09. The Morgan fingerprint density at radius 3 is 2.67 bits per heavy atom. The third kappa shape index (κ3) is 5.24. The first-order valence-electron chi connectivity index (χ1n) is 7.98.